The first-order valence-electron chi connectivity index (χ1n) is 8.73. The number of nitrogens with zero attached hydrogens (tertiary/aromatic N) is 3. The van der Waals surface area contributed by atoms with E-state index in [4.69, 9.17) is 9.47 Å². The number of nitro groups is 1. The topological polar surface area (TPSA) is 143 Å². The van der Waals surface area contributed by atoms with E-state index in [-0.39, 0.29) is 47.4 Å². The molecule has 2 heterocycles. The van der Waals surface area contributed by atoms with Crippen LogP contribution < -0.4 is 5.32 Å². The number of carbonyl (C=O) groups excluding carboxylic acids is 3. The largest absolute Gasteiger partial charge is 0.462 e. The summed E-state index contributed by atoms with van der Waals surface area (Å²) in [5.41, 5.74) is 0.466. The van der Waals surface area contributed by atoms with Crippen LogP contribution in [0.25, 0.3) is 0 Å². The summed E-state index contributed by atoms with van der Waals surface area (Å²) in [6.45, 7) is 5.29. The smallest absolute Gasteiger partial charge is 0.389 e. The van der Waals surface area contributed by atoms with Crippen molar-refractivity contribution in [2.24, 2.45) is 0 Å². The Labute approximate surface area is 169 Å². The first-order valence-corrected chi connectivity index (χ1v) is 9.55. The molecule has 2 aromatic heterocycles. The van der Waals surface area contributed by atoms with Crippen LogP contribution in [0, 0.1) is 17.0 Å². The van der Waals surface area contributed by atoms with E-state index in [0.29, 0.717) is 5.56 Å². The normalized spacial score (nSPS) is 10.4. The molecule has 0 unspecified atom stereocenters. The number of hydrogen-bond acceptors (Lipinski definition) is 9. The molecule has 2 rings (SSSR count). The maximum atomic E-state index is 12.3. The summed E-state index contributed by atoms with van der Waals surface area (Å²) in [5, 5.41) is 17.2. The van der Waals surface area contributed by atoms with Crippen molar-refractivity contribution in [1.29, 1.82) is 0 Å². The highest BCUT2D eigenvalue weighted by molar-refractivity contribution is 7.18. The second-order valence-corrected chi connectivity index (χ2v) is 6.71. The van der Waals surface area contributed by atoms with E-state index < -0.39 is 22.8 Å². The number of aryl methyl sites for hydroxylation is 1. The Kier molecular flexibility index (Phi) is 7.42. The van der Waals surface area contributed by atoms with Crippen LogP contribution >= 0.6 is 11.3 Å². The third-order valence-electron chi connectivity index (χ3n) is 3.72. The summed E-state index contributed by atoms with van der Waals surface area (Å²) in [6, 6.07) is 1.23. The van der Waals surface area contributed by atoms with Crippen molar-refractivity contribution in [3.05, 3.63) is 38.4 Å². The molecule has 1 N–H and O–H groups in total. The number of esters is 2. The predicted octanol–water partition coefficient (Wildman–Crippen LogP) is 2.54. The highest BCUT2D eigenvalue weighted by Gasteiger charge is 2.27. The minimum atomic E-state index is -0.658. The average Bonchev–Trinajstić information content (AvgIpc) is 3.25. The van der Waals surface area contributed by atoms with E-state index in [1.165, 1.54) is 16.9 Å². The van der Waals surface area contributed by atoms with Crippen molar-refractivity contribution >= 4 is 40.0 Å². The number of hydrogen-bond donors (Lipinski definition) is 1. The lowest BCUT2D eigenvalue weighted by atomic mass is 10.1. The van der Waals surface area contributed by atoms with Gasteiger partial charge in [-0.2, -0.15) is 4.68 Å². The number of anilines is 1. The van der Waals surface area contributed by atoms with Gasteiger partial charge in [-0.05, 0) is 31.3 Å². The number of thiophene rings is 1. The third kappa shape index (κ3) is 5.38. The van der Waals surface area contributed by atoms with Crippen LogP contribution in [-0.2, 0) is 20.8 Å². The maximum Gasteiger partial charge on any atom is 0.389 e. The van der Waals surface area contributed by atoms with Gasteiger partial charge in [0.05, 0.1) is 42.7 Å². The molecule has 156 valence electrons. The summed E-state index contributed by atoms with van der Waals surface area (Å²) < 4.78 is 11.3. The summed E-state index contributed by atoms with van der Waals surface area (Å²) >= 11 is 0.927. The Hall–Kier alpha value is -3.28. The molecule has 12 heteroatoms. The molecule has 2 aromatic rings. The molecular formula is C17H20N4O7S. The van der Waals surface area contributed by atoms with E-state index in [1.807, 2.05) is 0 Å². The molecule has 0 aliphatic rings. The fourth-order valence-corrected chi connectivity index (χ4v) is 3.52. The predicted molar refractivity (Wildman–Crippen MR) is 103 cm³/mol. The fourth-order valence-electron chi connectivity index (χ4n) is 2.42. The van der Waals surface area contributed by atoms with Gasteiger partial charge in [-0.15, -0.1) is 11.3 Å². The van der Waals surface area contributed by atoms with Gasteiger partial charge in [-0.3, -0.25) is 4.79 Å². The van der Waals surface area contributed by atoms with Gasteiger partial charge in [0.1, 0.15) is 9.88 Å². The van der Waals surface area contributed by atoms with Crippen LogP contribution in [0.15, 0.2) is 12.3 Å². The molecule has 0 aliphatic carbocycles. The molecule has 0 aliphatic heterocycles. The quantitative estimate of drug-likeness (QED) is 0.367. The first kappa shape index (κ1) is 22.0. The number of ether oxygens (including phenoxy) is 2. The van der Waals surface area contributed by atoms with Crippen LogP contribution in [-0.4, -0.2) is 45.8 Å². The van der Waals surface area contributed by atoms with Gasteiger partial charge in [0.25, 0.3) is 0 Å². The van der Waals surface area contributed by atoms with Gasteiger partial charge in [-0.1, -0.05) is 0 Å². The molecule has 11 nitrogen and oxygen atoms in total. The number of nitrogens with one attached hydrogen (secondary N) is 1. The fraction of sp³-hybridized carbons (Fsp3) is 0.412. The van der Waals surface area contributed by atoms with Gasteiger partial charge in [0, 0.05) is 6.42 Å². The van der Waals surface area contributed by atoms with Gasteiger partial charge >= 0.3 is 17.8 Å². The summed E-state index contributed by atoms with van der Waals surface area (Å²) in [4.78, 5) is 47.0. The van der Waals surface area contributed by atoms with E-state index >= 15 is 0 Å². The lowest BCUT2D eigenvalue weighted by Crippen LogP contribution is -2.16. The van der Waals surface area contributed by atoms with Crippen LogP contribution in [0.1, 0.15) is 45.9 Å². The molecule has 0 bridgehead atoms. The van der Waals surface area contributed by atoms with Gasteiger partial charge < -0.3 is 24.9 Å². The van der Waals surface area contributed by atoms with Crippen molar-refractivity contribution in [2.75, 3.05) is 18.5 Å². The molecule has 1 amide bonds. The Balaban J connectivity index is 2.17. The number of aromatic nitrogens is 2. The molecule has 29 heavy (non-hydrogen) atoms. The zero-order chi connectivity index (χ0) is 21.6. The van der Waals surface area contributed by atoms with E-state index in [1.54, 1.807) is 20.8 Å². The Morgan fingerprint density at radius 3 is 2.48 bits per heavy atom. The highest BCUT2D eigenvalue weighted by atomic mass is 32.1. The molecule has 0 spiro atoms. The van der Waals surface area contributed by atoms with Gasteiger partial charge in [-0.25, -0.2) is 9.59 Å². The highest BCUT2D eigenvalue weighted by Crippen LogP contribution is 2.34. The van der Waals surface area contributed by atoms with Crippen LogP contribution in [0.4, 0.5) is 10.8 Å². The minimum Gasteiger partial charge on any atom is -0.462 e. The molecule has 0 saturated carbocycles. The van der Waals surface area contributed by atoms with Crippen molar-refractivity contribution in [2.45, 2.75) is 33.7 Å². The Morgan fingerprint density at radius 2 is 1.90 bits per heavy atom. The van der Waals surface area contributed by atoms with Crippen LogP contribution in [0.2, 0.25) is 0 Å². The molecule has 0 radical (unpaired) electrons. The van der Waals surface area contributed by atoms with Crippen molar-refractivity contribution in [1.82, 2.24) is 9.78 Å². The van der Waals surface area contributed by atoms with Gasteiger partial charge in [0.15, 0.2) is 0 Å². The lowest BCUT2D eigenvalue weighted by molar-refractivity contribution is -0.389. The Morgan fingerprint density at radius 1 is 1.24 bits per heavy atom. The maximum absolute atomic E-state index is 12.3. The second kappa shape index (κ2) is 9.78. The summed E-state index contributed by atoms with van der Waals surface area (Å²) in [7, 11) is 0. The zero-order valence-corrected chi connectivity index (χ0v) is 16.9. The van der Waals surface area contributed by atoms with Crippen molar-refractivity contribution in [3.8, 4) is 0 Å². The monoisotopic (exact) mass is 424 g/mol. The van der Waals surface area contributed by atoms with E-state index in [9.17, 15) is 24.5 Å². The second-order valence-electron chi connectivity index (χ2n) is 5.69. The summed E-state index contributed by atoms with van der Waals surface area (Å²) in [5.74, 6) is -2.02. The summed E-state index contributed by atoms with van der Waals surface area (Å²) in [6.07, 6.45) is 1.34. The molecule has 0 saturated heterocycles. The molecular weight excluding hydrogens is 404 g/mol. The standard InChI is InChI=1S/C17H20N4O7S/c1-4-27-16(23)13-10(3)14(17(24)28-5-2)29-15(13)18-12(22)7-9-20-8-6-11(19-20)21(25)26/h6,8H,4-5,7,9H2,1-3H3,(H,18,22). The number of carbonyl (C=O) groups is 3. The zero-order valence-electron chi connectivity index (χ0n) is 16.1. The third-order valence-corrected chi connectivity index (χ3v) is 4.91. The number of amides is 1. The lowest BCUT2D eigenvalue weighted by Gasteiger charge is -2.06. The SMILES string of the molecule is CCOC(=O)c1sc(NC(=O)CCn2ccc([N+](=O)[O-])n2)c(C(=O)OCC)c1C. The first-order chi connectivity index (χ1) is 13.8. The Bertz CT molecular complexity index is 934. The number of rotatable bonds is 9. The molecule has 0 atom stereocenters. The van der Waals surface area contributed by atoms with Gasteiger partial charge in [0.2, 0.25) is 5.91 Å². The van der Waals surface area contributed by atoms with E-state index in [0.717, 1.165) is 11.3 Å². The van der Waals surface area contributed by atoms with Crippen LogP contribution in [0.5, 0.6) is 0 Å². The van der Waals surface area contributed by atoms with E-state index in [2.05, 4.69) is 10.4 Å². The van der Waals surface area contributed by atoms with Crippen molar-refractivity contribution < 1.29 is 28.8 Å². The van der Waals surface area contributed by atoms with Crippen LogP contribution in [0.3, 0.4) is 0 Å². The molecule has 0 fully saturated rings. The molecule has 0 aromatic carbocycles. The average molecular weight is 424 g/mol. The minimum absolute atomic E-state index is 0.0488. The van der Waals surface area contributed by atoms with Crippen molar-refractivity contribution in [3.63, 3.8) is 0 Å².